The summed E-state index contributed by atoms with van der Waals surface area (Å²) >= 11 is 0. The van der Waals surface area contributed by atoms with E-state index in [0.29, 0.717) is 12.0 Å². The monoisotopic (exact) mass is 264 g/mol. The van der Waals surface area contributed by atoms with Crippen LogP contribution in [0.4, 0.5) is 0 Å². The van der Waals surface area contributed by atoms with Crippen molar-refractivity contribution in [2.75, 3.05) is 6.61 Å². The third kappa shape index (κ3) is 3.49. The summed E-state index contributed by atoms with van der Waals surface area (Å²) in [6, 6.07) is 2.31. The van der Waals surface area contributed by atoms with Crippen molar-refractivity contribution in [2.45, 2.75) is 70.4 Å². The summed E-state index contributed by atoms with van der Waals surface area (Å²) < 4.78 is 6.04. The molecule has 2 N–H and O–H groups in total. The molecule has 0 aliphatic heterocycles. The second kappa shape index (κ2) is 6.24. The lowest BCUT2D eigenvalue weighted by Crippen LogP contribution is -2.42. The number of hydrogen-bond acceptors (Lipinski definition) is 3. The molecule has 0 aromatic carbocycles. The summed E-state index contributed by atoms with van der Waals surface area (Å²) in [5.74, 6) is 1.94. The molecule has 0 aromatic heterocycles. The van der Waals surface area contributed by atoms with Crippen molar-refractivity contribution in [1.82, 2.24) is 0 Å². The standard InChI is InChI=1S/C16H28N2O/c1-12-5-6-15(10-13(12)2)19-9-7-14-4-3-8-16(14,18)11-17/h12-15H,3-10,18H2,1-2H3. The van der Waals surface area contributed by atoms with Gasteiger partial charge in [0.1, 0.15) is 5.54 Å². The van der Waals surface area contributed by atoms with Gasteiger partial charge in [0.15, 0.2) is 0 Å². The van der Waals surface area contributed by atoms with Crippen molar-refractivity contribution in [3.63, 3.8) is 0 Å². The van der Waals surface area contributed by atoms with Gasteiger partial charge in [-0.15, -0.1) is 0 Å². The fourth-order valence-electron chi connectivity index (χ4n) is 3.68. The van der Waals surface area contributed by atoms with Crippen molar-refractivity contribution in [2.24, 2.45) is 23.5 Å². The van der Waals surface area contributed by atoms with Crippen molar-refractivity contribution < 1.29 is 4.74 Å². The molecule has 2 fully saturated rings. The second-order valence-corrected chi connectivity index (χ2v) is 6.79. The smallest absolute Gasteiger partial charge is 0.107 e. The summed E-state index contributed by atoms with van der Waals surface area (Å²) in [6.07, 6.45) is 8.09. The van der Waals surface area contributed by atoms with E-state index in [-0.39, 0.29) is 0 Å². The number of ether oxygens (including phenoxy) is 1. The Bertz CT molecular complexity index is 338. The van der Waals surface area contributed by atoms with E-state index < -0.39 is 5.54 Å². The van der Waals surface area contributed by atoms with Gasteiger partial charge >= 0.3 is 0 Å². The predicted molar refractivity (Wildman–Crippen MR) is 76.4 cm³/mol. The van der Waals surface area contributed by atoms with E-state index in [1.165, 1.54) is 19.3 Å². The van der Waals surface area contributed by atoms with Gasteiger partial charge in [0.2, 0.25) is 0 Å². The SMILES string of the molecule is CC1CCC(OCCC2CCCC2(N)C#N)CC1C. The van der Waals surface area contributed by atoms with Gasteiger partial charge in [-0.3, -0.25) is 0 Å². The topological polar surface area (TPSA) is 59.0 Å². The van der Waals surface area contributed by atoms with Crippen molar-refractivity contribution in [3.8, 4) is 6.07 Å². The molecule has 2 aliphatic carbocycles. The summed E-state index contributed by atoms with van der Waals surface area (Å²) in [6.45, 7) is 5.45. The summed E-state index contributed by atoms with van der Waals surface area (Å²) in [4.78, 5) is 0. The van der Waals surface area contributed by atoms with Crippen molar-refractivity contribution >= 4 is 0 Å². The minimum absolute atomic E-state index is 0.331. The lowest BCUT2D eigenvalue weighted by atomic mass is 9.80. The van der Waals surface area contributed by atoms with Gasteiger partial charge in [-0.25, -0.2) is 0 Å². The highest BCUT2D eigenvalue weighted by Crippen LogP contribution is 2.36. The highest BCUT2D eigenvalue weighted by atomic mass is 16.5. The third-order valence-corrected chi connectivity index (χ3v) is 5.45. The minimum atomic E-state index is -0.586. The minimum Gasteiger partial charge on any atom is -0.378 e. The van der Waals surface area contributed by atoms with Crippen LogP contribution < -0.4 is 5.73 Å². The zero-order valence-electron chi connectivity index (χ0n) is 12.4. The summed E-state index contributed by atoms with van der Waals surface area (Å²) in [5.41, 5.74) is 5.56. The lowest BCUT2D eigenvalue weighted by molar-refractivity contribution is -0.00425. The van der Waals surface area contributed by atoms with Crippen LogP contribution in [0.1, 0.15) is 58.8 Å². The molecule has 5 unspecified atom stereocenters. The van der Waals surface area contributed by atoms with E-state index in [4.69, 9.17) is 10.5 Å². The Kier molecular flexibility index (Phi) is 4.86. The van der Waals surface area contributed by atoms with E-state index in [0.717, 1.165) is 44.1 Å². The van der Waals surface area contributed by atoms with E-state index in [9.17, 15) is 5.26 Å². The maximum Gasteiger partial charge on any atom is 0.107 e. The molecule has 108 valence electrons. The van der Waals surface area contributed by atoms with E-state index >= 15 is 0 Å². The normalized spacial score (nSPS) is 43.1. The van der Waals surface area contributed by atoms with E-state index in [2.05, 4.69) is 19.9 Å². The Morgan fingerprint density at radius 1 is 1.26 bits per heavy atom. The lowest BCUT2D eigenvalue weighted by Gasteiger charge is -2.32. The molecule has 0 bridgehead atoms. The van der Waals surface area contributed by atoms with Crippen molar-refractivity contribution in [3.05, 3.63) is 0 Å². The largest absolute Gasteiger partial charge is 0.378 e. The van der Waals surface area contributed by atoms with Gasteiger partial charge in [-0.05, 0) is 56.3 Å². The Morgan fingerprint density at radius 3 is 2.74 bits per heavy atom. The molecule has 2 saturated carbocycles. The highest BCUT2D eigenvalue weighted by molar-refractivity contribution is 5.11. The Hall–Kier alpha value is -0.590. The average Bonchev–Trinajstić information content (AvgIpc) is 2.76. The number of nitriles is 1. The Morgan fingerprint density at radius 2 is 2.05 bits per heavy atom. The Labute approximate surface area is 117 Å². The van der Waals surface area contributed by atoms with Gasteiger partial charge < -0.3 is 10.5 Å². The van der Waals surface area contributed by atoms with Crippen LogP contribution in [0, 0.1) is 29.1 Å². The fraction of sp³-hybridized carbons (Fsp3) is 0.938. The van der Waals surface area contributed by atoms with Crippen LogP contribution in [0.2, 0.25) is 0 Å². The maximum atomic E-state index is 9.19. The zero-order chi connectivity index (χ0) is 13.9. The van der Waals surface area contributed by atoms with Crippen LogP contribution in [-0.4, -0.2) is 18.2 Å². The molecule has 2 aliphatic rings. The maximum absolute atomic E-state index is 9.19. The average molecular weight is 264 g/mol. The molecule has 0 aromatic rings. The first-order valence-electron chi connectivity index (χ1n) is 7.87. The summed E-state index contributed by atoms with van der Waals surface area (Å²) in [5, 5.41) is 9.19. The van der Waals surface area contributed by atoms with Crippen LogP contribution in [0.25, 0.3) is 0 Å². The first kappa shape index (κ1) is 14.8. The second-order valence-electron chi connectivity index (χ2n) is 6.79. The van der Waals surface area contributed by atoms with Crippen LogP contribution in [-0.2, 0) is 4.74 Å². The molecule has 5 atom stereocenters. The van der Waals surface area contributed by atoms with Crippen LogP contribution in [0.3, 0.4) is 0 Å². The number of nitrogens with zero attached hydrogens (tertiary/aromatic N) is 1. The van der Waals surface area contributed by atoms with Gasteiger partial charge in [0.25, 0.3) is 0 Å². The van der Waals surface area contributed by atoms with Crippen LogP contribution >= 0.6 is 0 Å². The molecular weight excluding hydrogens is 236 g/mol. The van der Waals surface area contributed by atoms with Gasteiger partial charge in [-0.1, -0.05) is 20.3 Å². The van der Waals surface area contributed by atoms with Gasteiger partial charge in [0, 0.05) is 6.61 Å². The molecule has 0 amide bonds. The van der Waals surface area contributed by atoms with E-state index in [1.807, 2.05) is 0 Å². The predicted octanol–water partition coefficient (Wildman–Crippen LogP) is 3.24. The highest BCUT2D eigenvalue weighted by Gasteiger charge is 2.39. The molecule has 0 spiro atoms. The van der Waals surface area contributed by atoms with Crippen LogP contribution in [0.5, 0.6) is 0 Å². The first-order chi connectivity index (χ1) is 9.05. The third-order valence-electron chi connectivity index (χ3n) is 5.45. The molecule has 19 heavy (non-hydrogen) atoms. The Balaban J connectivity index is 1.71. The molecule has 0 heterocycles. The number of nitrogens with two attached hydrogens (primary N) is 1. The molecule has 3 heteroatoms. The molecule has 3 nitrogen and oxygen atoms in total. The van der Waals surface area contributed by atoms with Crippen molar-refractivity contribution in [1.29, 1.82) is 5.26 Å². The molecule has 2 rings (SSSR count). The van der Waals surface area contributed by atoms with Gasteiger partial charge in [-0.2, -0.15) is 5.26 Å². The molecule has 0 saturated heterocycles. The summed E-state index contributed by atoms with van der Waals surface area (Å²) in [7, 11) is 0. The first-order valence-corrected chi connectivity index (χ1v) is 7.87. The quantitative estimate of drug-likeness (QED) is 0.848. The number of rotatable bonds is 4. The molecule has 0 radical (unpaired) electrons. The fourth-order valence-corrected chi connectivity index (χ4v) is 3.68. The van der Waals surface area contributed by atoms with E-state index in [1.54, 1.807) is 0 Å². The number of hydrogen-bond donors (Lipinski definition) is 1. The molecular formula is C16H28N2O. The van der Waals surface area contributed by atoms with Gasteiger partial charge in [0.05, 0.1) is 12.2 Å². The zero-order valence-corrected chi connectivity index (χ0v) is 12.4. The van der Waals surface area contributed by atoms with Crippen LogP contribution in [0.15, 0.2) is 0 Å².